The smallest absolute Gasteiger partial charge is 0.381 e. The van der Waals surface area contributed by atoms with Crippen molar-refractivity contribution in [1.29, 1.82) is 0 Å². The van der Waals surface area contributed by atoms with Crippen molar-refractivity contribution in [3.8, 4) is 0 Å². The lowest BCUT2D eigenvalue weighted by atomic mass is 10.1. The van der Waals surface area contributed by atoms with E-state index in [2.05, 4.69) is 0 Å². The van der Waals surface area contributed by atoms with Gasteiger partial charge in [0.25, 0.3) is 0 Å². The summed E-state index contributed by atoms with van der Waals surface area (Å²) in [5, 5.41) is 10.5. The molecule has 2 heterocycles. The molecule has 0 amide bonds. The van der Waals surface area contributed by atoms with Crippen molar-refractivity contribution in [2.24, 2.45) is 5.92 Å². The van der Waals surface area contributed by atoms with Crippen LogP contribution in [0.15, 0.2) is 11.8 Å². The molecule has 0 N–H and O–H groups in total. The molecule has 0 radical (unpaired) electrons. The molecule has 0 spiro atoms. The van der Waals surface area contributed by atoms with Gasteiger partial charge >= 0.3 is 5.95 Å². The Balaban J connectivity index is 2.10. The first kappa shape index (κ1) is 12.1. The Kier molecular flexibility index (Phi) is 3.46. The van der Waals surface area contributed by atoms with E-state index in [-0.39, 0.29) is 5.82 Å². The minimum atomic E-state index is -1.26. The lowest BCUT2D eigenvalue weighted by molar-refractivity contribution is -0.450. The van der Waals surface area contributed by atoms with Gasteiger partial charge < -0.3 is 14.5 Å². The van der Waals surface area contributed by atoms with Gasteiger partial charge in [0.15, 0.2) is 0 Å². The fourth-order valence-corrected chi connectivity index (χ4v) is 2.31. The van der Waals surface area contributed by atoms with Crippen LogP contribution in [0, 0.1) is 16.0 Å². The van der Waals surface area contributed by atoms with E-state index in [1.807, 2.05) is 0 Å². The second-order valence-electron chi connectivity index (χ2n) is 4.47. The number of halogens is 1. The Morgan fingerprint density at radius 2 is 2.41 bits per heavy atom. The largest absolute Gasteiger partial charge is 0.460 e. The lowest BCUT2D eigenvalue weighted by Crippen LogP contribution is -2.29. The molecular weight excluding hydrogens is 229 g/mol. The van der Waals surface area contributed by atoms with Crippen LogP contribution in [-0.4, -0.2) is 54.6 Å². The van der Waals surface area contributed by atoms with Gasteiger partial charge in [0.2, 0.25) is 5.82 Å². The summed E-state index contributed by atoms with van der Waals surface area (Å²) in [6, 6.07) is 0. The Bertz CT molecular complexity index is 342. The fraction of sp³-hybridized carbons (Fsp3) is 0.800. The molecule has 96 valence electrons. The monoisotopic (exact) mass is 245 g/mol. The van der Waals surface area contributed by atoms with Gasteiger partial charge in [-0.1, -0.05) is 0 Å². The molecule has 2 saturated heterocycles. The number of hydrogen-bond acceptors (Lipinski definition) is 5. The third-order valence-corrected chi connectivity index (χ3v) is 3.21. The SMILES string of the molecule is CN1CCN(CC2CCOC2)C1=C(F)[N+](=O)[O-]. The molecule has 2 aliphatic rings. The van der Waals surface area contributed by atoms with Crippen LogP contribution in [0.1, 0.15) is 6.42 Å². The minimum absolute atomic E-state index is 0.0990. The summed E-state index contributed by atoms with van der Waals surface area (Å²) in [5.74, 6) is -0.818. The van der Waals surface area contributed by atoms with Gasteiger partial charge in [-0.05, 0) is 6.42 Å². The molecule has 7 heteroatoms. The highest BCUT2D eigenvalue weighted by atomic mass is 19.1. The summed E-state index contributed by atoms with van der Waals surface area (Å²) < 4.78 is 18.7. The molecule has 2 fully saturated rings. The first-order valence-electron chi connectivity index (χ1n) is 5.67. The molecule has 0 aliphatic carbocycles. The zero-order valence-corrected chi connectivity index (χ0v) is 9.76. The maximum atomic E-state index is 13.5. The Morgan fingerprint density at radius 3 is 3.00 bits per heavy atom. The number of nitro groups is 1. The molecule has 0 saturated carbocycles. The zero-order chi connectivity index (χ0) is 12.4. The van der Waals surface area contributed by atoms with Crippen molar-refractivity contribution in [2.75, 3.05) is 39.9 Å². The molecule has 0 aromatic carbocycles. The van der Waals surface area contributed by atoms with Crippen molar-refractivity contribution < 1.29 is 14.1 Å². The average Bonchev–Trinajstić information content (AvgIpc) is 2.89. The van der Waals surface area contributed by atoms with Gasteiger partial charge in [0.1, 0.15) is 0 Å². The second-order valence-corrected chi connectivity index (χ2v) is 4.47. The van der Waals surface area contributed by atoms with Crippen molar-refractivity contribution in [2.45, 2.75) is 6.42 Å². The van der Waals surface area contributed by atoms with E-state index in [0.717, 1.165) is 13.0 Å². The first-order chi connectivity index (χ1) is 8.09. The number of likely N-dealkylation sites (N-methyl/N-ethyl adjacent to an activating group) is 1. The van der Waals surface area contributed by atoms with Crippen LogP contribution in [0.5, 0.6) is 0 Å². The number of hydrogen-bond donors (Lipinski definition) is 0. The standard InChI is InChI=1S/C10H16FN3O3/c1-12-3-4-13(6-8-2-5-17-7-8)10(12)9(11)14(15)16/h8H,2-7H2,1H3. The minimum Gasteiger partial charge on any atom is -0.381 e. The maximum Gasteiger partial charge on any atom is 0.460 e. The fourth-order valence-electron chi connectivity index (χ4n) is 2.31. The van der Waals surface area contributed by atoms with Crippen molar-refractivity contribution in [3.63, 3.8) is 0 Å². The molecule has 2 aliphatic heterocycles. The summed E-state index contributed by atoms with van der Waals surface area (Å²) >= 11 is 0. The molecule has 0 aromatic heterocycles. The molecule has 6 nitrogen and oxygen atoms in total. The second kappa shape index (κ2) is 4.87. The summed E-state index contributed by atoms with van der Waals surface area (Å²) in [7, 11) is 1.67. The summed E-state index contributed by atoms with van der Waals surface area (Å²) in [6.45, 7) is 3.26. The quantitative estimate of drug-likeness (QED) is 0.415. The van der Waals surface area contributed by atoms with E-state index in [9.17, 15) is 14.5 Å². The van der Waals surface area contributed by atoms with Crippen LogP contribution in [0.3, 0.4) is 0 Å². The van der Waals surface area contributed by atoms with Gasteiger partial charge in [-0.25, -0.2) is 0 Å². The van der Waals surface area contributed by atoms with Crippen molar-refractivity contribution in [3.05, 3.63) is 21.9 Å². The van der Waals surface area contributed by atoms with E-state index >= 15 is 0 Å². The Hall–Kier alpha value is -1.37. The highest BCUT2D eigenvalue weighted by Gasteiger charge is 2.34. The Morgan fingerprint density at radius 1 is 1.65 bits per heavy atom. The van der Waals surface area contributed by atoms with E-state index < -0.39 is 10.9 Å². The van der Waals surface area contributed by atoms with Crippen molar-refractivity contribution in [1.82, 2.24) is 9.80 Å². The van der Waals surface area contributed by atoms with Crippen LogP contribution in [0.25, 0.3) is 0 Å². The van der Waals surface area contributed by atoms with Crippen LogP contribution < -0.4 is 0 Å². The number of rotatable bonds is 3. The van der Waals surface area contributed by atoms with Gasteiger partial charge in [-0.2, -0.15) is 0 Å². The maximum absolute atomic E-state index is 13.5. The molecular formula is C10H16FN3O3. The van der Waals surface area contributed by atoms with Gasteiger partial charge in [-0.3, -0.25) is 10.1 Å². The molecule has 0 bridgehead atoms. The van der Waals surface area contributed by atoms with Crippen LogP contribution in [0.2, 0.25) is 0 Å². The zero-order valence-electron chi connectivity index (χ0n) is 9.76. The number of nitrogens with zero attached hydrogens (tertiary/aromatic N) is 3. The topological polar surface area (TPSA) is 58.8 Å². The molecule has 2 rings (SSSR count). The predicted molar refractivity (Wildman–Crippen MR) is 58.3 cm³/mol. The van der Waals surface area contributed by atoms with E-state index in [1.54, 1.807) is 16.8 Å². The first-order valence-corrected chi connectivity index (χ1v) is 5.67. The van der Waals surface area contributed by atoms with Gasteiger partial charge in [0, 0.05) is 39.2 Å². The van der Waals surface area contributed by atoms with E-state index in [1.165, 1.54) is 0 Å². The Labute approximate surface area is 98.8 Å². The highest BCUT2D eigenvalue weighted by molar-refractivity contribution is 5.05. The number of ether oxygens (including phenoxy) is 1. The predicted octanol–water partition coefficient (Wildman–Crippen LogP) is 0.643. The third kappa shape index (κ3) is 2.49. The average molecular weight is 245 g/mol. The summed E-state index contributed by atoms with van der Waals surface area (Å²) in [4.78, 5) is 12.9. The van der Waals surface area contributed by atoms with Crippen molar-refractivity contribution >= 4 is 0 Å². The van der Waals surface area contributed by atoms with Crippen LogP contribution >= 0.6 is 0 Å². The highest BCUT2D eigenvalue weighted by Crippen LogP contribution is 2.25. The van der Waals surface area contributed by atoms with E-state index in [4.69, 9.17) is 4.74 Å². The molecule has 0 aromatic rings. The van der Waals surface area contributed by atoms with Gasteiger partial charge in [-0.15, -0.1) is 4.39 Å². The normalized spacial score (nSPS) is 27.8. The van der Waals surface area contributed by atoms with Gasteiger partial charge in [0.05, 0.1) is 11.5 Å². The van der Waals surface area contributed by atoms with Crippen LogP contribution in [-0.2, 0) is 4.74 Å². The molecule has 1 atom stereocenters. The summed E-state index contributed by atoms with van der Waals surface area (Å²) in [6.07, 6.45) is 0.938. The lowest BCUT2D eigenvalue weighted by Gasteiger charge is -2.22. The van der Waals surface area contributed by atoms with Crippen LogP contribution in [0.4, 0.5) is 4.39 Å². The molecule has 17 heavy (non-hydrogen) atoms. The third-order valence-electron chi connectivity index (χ3n) is 3.21. The van der Waals surface area contributed by atoms with E-state index in [0.29, 0.717) is 32.2 Å². The summed E-state index contributed by atoms with van der Waals surface area (Å²) in [5.41, 5.74) is 0. The molecule has 1 unspecified atom stereocenters.